The fourth-order valence-electron chi connectivity index (χ4n) is 2.91. The van der Waals surface area contributed by atoms with Gasteiger partial charge in [-0.25, -0.2) is 0 Å². The van der Waals surface area contributed by atoms with Crippen LogP contribution in [-0.2, 0) is 0 Å². The van der Waals surface area contributed by atoms with Gasteiger partial charge in [0.2, 0.25) is 0 Å². The maximum absolute atomic E-state index is 6.44. The topological polar surface area (TPSA) is 29.3 Å². The van der Waals surface area contributed by atoms with E-state index in [-0.39, 0.29) is 5.54 Å². The molecule has 0 radical (unpaired) electrons. The molecule has 2 nitrogen and oxygen atoms in total. The third-order valence-corrected chi connectivity index (χ3v) is 4.26. The fraction of sp³-hybridized carbons (Fsp3) is 0.625. The van der Waals surface area contributed by atoms with Gasteiger partial charge in [-0.05, 0) is 45.2 Å². The number of nitrogens with two attached hydrogens (primary N) is 1. The van der Waals surface area contributed by atoms with Gasteiger partial charge in [-0.15, -0.1) is 0 Å². The molecule has 0 bridgehead atoms. The summed E-state index contributed by atoms with van der Waals surface area (Å²) in [5.41, 5.74) is 9.19. The Morgan fingerprint density at radius 3 is 2.33 bits per heavy atom. The van der Waals surface area contributed by atoms with Crippen molar-refractivity contribution >= 4 is 5.69 Å². The molecule has 18 heavy (non-hydrogen) atoms. The second kappa shape index (κ2) is 5.75. The number of hydrogen-bond donors (Lipinski definition) is 1. The van der Waals surface area contributed by atoms with Crippen molar-refractivity contribution in [3.63, 3.8) is 0 Å². The van der Waals surface area contributed by atoms with Gasteiger partial charge in [0.1, 0.15) is 0 Å². The molecular formula is C16H26N2. The summed E-state index contributed by atoms with van der Waals surface area (Å²) in [5.74, 6) is 0. The first-order chi connectivity index (χ1) is 8.63. The van der Waals surface area contributed by atoms with E-state index in [0.717, 1.165) is 19.5 Å². The second-order valence-corrected chi connectivity index (χ2v) is 5.73. The van der Waals surface area contributed by atoms with Crippen molar-refractivity contribution in [2.24, 2.45) is 5.73 Å². The van der Waals surface area contributed by atoms with Crippen molar-refractivity contribution in [2.45, 2.75) is 51.5 Å². The zero-order valence-electron chi connectivity index (χ0n) is 11.8. The molecule has 0 unspecified atom stereocenters. The predicted octanol–water partition coefficient (Wildman–Crippen LogP) is 3.48. The summed E-state index contributed by atoms with van der Waals surface area (Å²) in [6, 6.07) is 8.81. The average Bonchev–Trinajstić information content (AvgIpc) is 2.79. The van der Waals surface area contributed by atoms with E-state index in [9.17, 15) is 0 Å². The van der Waals surface area contributed by atoms with Gasteiger partial charge in [-0.2, -0.15) is 0 Å². The summed E-state index contributed by atoms with van der Waals surface area (Å²) in [5, 5.41) is 0. The molecule has 2 N–H and O–H groups in total. The Bertz CT molecular complexity index is 363. The van der Waals surface area contributed by atoms with E-state index in [1.165, 1.54) is 36.9 Å². The summed E-state index contributed by atoms with van der Waals surface area (Å²) in [6.07, 6.45) is 6.16. The van der Waals surface area contributed by atoms with E-state index < -0.39 is 0 Å². The van der Waals surface area contributed by atoms with Crippen LogP contribution >= 0.6 is 0 Å². The summed E-state index contributed by atoms with van der Waals surface area (Å²) in [7, 11) is 0. The van der Waals surface area contributed by atoms with E-state index >= 15 is 0 Å². The van der Waals surface area contributed by atoms with Crippen LogP contribution in [-0.4, -0.2) is 18.6 Å². The molecule has 2 heteroatoms. The van der Waals surface area contributed by atoms with Crippen molar-refractivity contribution in [3.05, 3.63) is 29.8 Å². The minimum Gasteiger partial charge on any atom is -0.372 e. The molecular weight excluding hydrogens is 220 g/mol. The van der Waals surface area contributed by atoms with Gasteiger partial charge in [0.15, 0.2) is 0 Å². The van der Waals surface area contributed by atoms with Gasteiger partial charge < -0.3 is 10.6 Å². The highest BCUT2D eigenvalue weighted by Crippen LogP contribution is 2.30. The lowest BCUT2D eigenvalue weighted by atomic mass is 9.94. The normalized spacial score (nSPS) is 17.9. The molecule has 0 aliphatic heterocycles. The lowest BCUT2D eigenvalue weighted by Crippen LogP contribution is -2.40. The Morgan fingerprint density at radius 1 is 1.17 bits per heavy atom. The zero-order valence-corrected chi connectivity index (χ0v) is 11.8. The summed E-state index contributed by atoms with van der Waals surface area (Å²) < 4.78 is 0. The van der Waals surface area contributed by atoms with Gasteiger partial charge in [-0.3, -0.25) is 0 Å². The van der Waals surface area contributed by atoms with Gasteiger partial charge in [0.05, 0.1) is 0 Å². The van der Waals surface area contributed by atoms with E-state index in [1.54, 1.807) is 0 Å². The number of anilines is 1. The molecule has 1 fully saturated rings. The molecule has 1 aromatic carbocycles. The fourth-order valence-corrected chi connectivity index (χ4v) is 2.91. The maximum Gasteiger partial charge on any atom is 0.0366 e. The number of benzene rings is 1. The van der Waals surface area contributed by atoms with Crippen molar-refractivity contribution in [3.8, 4) is 0 Å². The number of nitrogens with zero attached hydrogens (tertiary/aromatic N) is 1. The first-order valence-corrected chi connectivity index (χ1v) is 7.23. The quantitative estimate of drug-likeness (QED) is 0.862. The first-order valence-electron chi connectivity index (χ1n) is 7.23. The average molecular weight is 246 g/mol. The largest absolute Gasteiger partial charge is 0.372 e. The van der Waals surface area contributed by atoms with Crippen LogP contribution in [0, 0.1) is 6.92 Å². The van der Waals surface area contributed by atoms with Crippen LogP contribution in [0.1, 0.15) is 44.6 Å². The Labute approximate surface area is 111 Å². The smallest absolute Gasteiger partial charge is 0.0366 e. The highest BCUT2D eigenvalue weighted by molar-refractivity contribution is 5.47. The van der Waals surface area contributed by atoms with Gasteiger partial charge in [0, 0.05) is 24.3 Å². The molecule has 1 aliphatic carbocycles. The lowest BCUT2D eigenvalue weighted by molar-refractivity contribution is 0.406. The number of hydrogen-bond acceptors (Lipinski definition) is 2. The van der Waals surface area contributed by atoms with Crippen LogP contribution in [0.25, 0.3) is 0 Å². The molecule has 100 valence electrons. The molecule has 1 aliphatic rings. The third kappa shape index (κ3) is 3.26. The molecule has 1 saturated carbocycles. The van der Waals surface area contributed by atoms with Crippen LogP contribution in [0.5, 0.6) is 0 Å². The van der Waals surface area contributed by atoms with Gasteiger partial charge in [-0.1, -0.05) is 30.5 Å². The van der Waals surface area contributed by atoms with E-state index in [2.05, 4.69) is 43.0 Å². The van der Waals surface area contributed by atoms with E-state index in [4.69, 9.17) is 5.73 Å². The van der Waals surface area contributed by atoms with Crippen LogP contribution in [0.3, 0.4) is 0 Å². The Balaban J connectivity index is 1.95. The summed E-state index contributed by atoms with van der Waals surface area (Å²) >= 11 is 0. The molecule has 1 aromatic rings. The van der Waals surface area contributed by atoms with Gasteiger partial charge in [0.25, 0.3) is 0 Å². The van der Waals surface area contributed by atoms with E-state index in [0.29, 0.717) is 0 Å². The van der Waals surface area contributed by atoms with E-state index in [1.807, 2.05) is 0 Å². The second-order valence-electron chi connectivity index (χ2n) is 5.73. The standard InChI is InChI=1S/C16H26N2/c1-3-18(15-8-6-14(2)7-9-15)13-12-16(17)10-4-5-11-16/h6-9H,3-5,10-13,17H2,1-2H3. The molecule has 0 spiro atoms. The minimum atomic E-state index is 0.109. The monoisotopic (exact) mass is 246 g/mol. The Hall–Kier alpha value is -1.02. The van der Waals surface area contributed by atoms with Crippen molar-refractivity contribution < 1.29 is 0 Å². The third-order valence-electron chi connectivity index (χ3n) is 4.26. The summed E-state index contributed by atoms with van der Waals surface area (Å²) in [6.45, 7) is 6.49. The van der Waals surface area contributed by atoms with Crippen molar-refractivity contribution in [1.29, 1.82) is 0 Å². The number of rotatable bonds is 5. The predicted molar refractivity (Wildman–Crippen MR) is 79.1 cm³/mol. The van der Waals surface area contributed by atoms with Crippen LogP contribution < -0.4 is 10.6 Å². The first kappa shape index (κ1) is 13.4. The maximum atomic E-state index is 6.44. The highest BCUT2D eigenvalue weighted by atomic mass is 15.1. The summed E-state index contributed by atoms with van der Waals surface area (Å²) in [4.78, 5) is 2.44. The SMILES string of the molecule is CCN(CCC1(N)CCCC1)c1ccc(C)cc1. The lowest BCUT2D eigenvalue weighted by Gasteiger charge is -2.29. The Morgan fingerprint density at radius 2 is 1.78 bits per heavy atom. The van der Waals surface area contributed by atoms with Crippen molar-refractivity contribution in [1.82, 2.24) is 0 Å². The minimum absolute atomic E-state index is 0.109. The highest BCUT2D eigenvalue weighted by Gasteiger charge is 2.29. The Kier molecular flexibility index (Phi) is 4.28. The molecule has 0 saturated heterocycles. The van der Waals surface area contributed by atoms with Crippen molar-refractivity contribution in [2.75, 3.05) is 18.0 Å². The van der Waals surface area contributed by atoms with Crippen LogP contribution in [0.15, 0.2) is 24.3 Å². The molecule has 0 amide bonds. The zero-order chi connectivity index (χ0) is 13.0. The van der Waals surface area contributed by atoms with Crippen LogP contribution in [0.4, 0.5) is 5.69 Å². The molecule has 0 aromatic heterocycles. The number of aryl methyl sites for hydroxylation is 1. The molecule has 0 atom stereocenters. The van der Waals surface area contributed by atoms with Gasteiger partial charge >= 0.3 is 0 Å². The molecule has 0 heterocycles. The molecule has 2 rings (SSSR count). The van der Waals surface area contributed by atoms with Crippen LogP contribution in [0.2, 0.25) is 0 Å².